The molecule has 0 unspecified atom stereocenters. The number of phenols is 2. The third-order valence-electron chi connectivity index (χ3n) is 13.0. The van der Waals surface area contributed by atoms with E-state index in [2.05, 4.69) is 0 Å². The van der Waals surface area contributed by atoms with Crippen LogP contribution in [0.3, 0.4) is 0 Å². The molecule has 0 saturated carbocycles. The molecule has 0 aromatic heterocycles. The van der Waals surface area contributed by atoms with Crippen LogP contribution < -0.4 is 0 Å². The number of carbonyl (C=O) groups excluding carboxylic acids is 3. The van der Waals surface area contributed by atoms with E-state index in [-0.39, 0.29) is 35.4 Å². The van der Waals surface area contributed by atoms with Crippen molar-refractivity contribution in [3.63, 3.8) is 0 Å². The molecule has 20 heteroatoms. The van der Waals surface area contributed by atoms with Crippen LogP contribution in [0.4, 0.5) is 0 Å². The minimum absolute atomic E-state index is 0.0387. The van der Waals surface area contributed by atoms with Gasteiger partial charge in [-0.15, -0.1) is 0 Å². The first-order valence-corrected chi connectivity index (χ1v) is 24.9. The first-order chi connectivity index (χ1) is 33.7. The molecular weight excluding hydrogens is 983 g/mol. The van der Waals surface area contributed by atoms with Crippen LogP contribution in [0.15, 0.2) is 58.7 Å². The van der Waals surface area contributed by atoms with Gasteiger partial charge >= 0.3 is 17.9 Å². The fraction of sp³-hybridized carbons (Fsp3) is 0.635. The van der Waals surface area contributed by atoms with Crippen molar-refractivity contribution in [1.29, 1.82) is 0 Å². The molecule has 3 aliphatic rings. The van der Waals surface area contributed by atoms with Crippen molar-refractivity contribution in [3.05, 3.63) is 79.9 Å². The molecule has 0 bridgehead atoms. The lowest BCUT2D eigenvalue weighted by Crippen LogP contribution is -2.64. The van der Waals surface area contributed by atoms with Crippen molar-refractivity contribution in [1.82, 2.24) is 0 Å². The summed E-state index contributed by atoms with van der Waals surface area (Å²) >= 11 is 12.3. The Labute approximate surface area is 431 Å². The molecule has 1 aromatic carbocycles. The predicted octanol–water partition coefficient (Wildman–Crippen LogP) is 6.23. The van der Waals surface area contributed by atoms with Crippen LogP contribution >= 0.6 is 23.2 Å². The van der Waals surface area contributed by atoms with Gasteiger partial charge in [-0.25, -0.2) is 9.59 Å². The molecule has 0 radical (unpaired) electrons. The molecule has 72 heavy (non-hydrogen) atoms. The lowest BCUT2D eigenvalue weighted by molar-refractivity contribution is -0.333. The first kappa shape index (κ1) is 60.7. The molecular formula is C52H74Cl2O18. The maximum atomic E-state index is 14.0. The lowest BCUT2D eigenvalue weighted by Gasteiger charge is -2.47. The Kier molecular flexibility index (Phi) is 22.4. The number of allylic oxidation sites excluding steroid dienone is 4. The van der Waals surface area contributed by atoms with Gasteiger partial charge < -0.3 is 73.6 Å². The number of methoxy groups -OCH3 is 1. The number of aliphatic hydroxyl groups excluding tert-OH is 5. The molecule has 18 nitrogen and oxygen atoms in total. The standard InChI is InChI=1S/C52H74Cl2O18/c1-13-30-22-26(6)33(56)18-16-15-17-31(23-66-50-44(65-12)40(59)43(29(9)67-50)69-49(64)35-32(14-2)36(53)39(58)37(54)38(35)57)48(63)68-34(28(8)55)20-19-25(5)21-27(7)42(30)71-51-45(70-47(62)24(3)4)41(60)46(61)52(10,11)72-51/h15-17,19,21-22,24,28-30,33-34,40-46,50-51,55-61H,13-14,18,20,23H2,1-12H3/b16-15+,25-19+,26-22+,27-21+,31-17+/t28-,29-,30+,33+,34+,40+,41-,42+,43-,44+,45+,46+,50-,51-/m1/s1. The Morgan fingerprint density at radius 1 is 0.903 bits per heavy atom. The van der Waals surface area contributed by atoms with Gasteiger partial charge in [0.1, 0.15) is 41.1 Å². The average molecular weight is 1060 g/mol. The highest BCUT2D eigenvalue weighted by atomic mass is 35.5. The van der Waals surface area contributed by atoms with E-state index in [0.29, 0.717) is 23.1 Å². The van der Waals surface area contributed by atoms with E-state index in [9.17, 15) is 50.1 Å². The van der Waals surface area contributed by atoms with Crippen molar-refractivity contribution in [2.45, 2.75) is 187 Å². The first-order valence-electron chi connectivity index (χ1n) is 24.2. The second-order valence-corrected chi connectivity index (χ2v) is 20.1. The molecule has 1 aromatic rings. The van der Waals surface area contributed by atoms with Gasteiger partial charge in [0.05, 0.1) is 53.1 Å². The molecule has 3 heterocycles. The number of aromatic hydroxyl groups is 2. The zero-order chi connectivity index (χ0) is 54.1. The molecule has 2 saturated heterocycles. The Bertz CT molecular complexity index is 2220. The highest BCUT2D eigenvalue weighted by Gasteiger charge is 2.53. The topological polar surface area (TPSA) is 267 Å². The molecule has 2 fully saturated rings. The van der Waals surface area contributed by atoms with E-state index in [1.165, 1.54) is 33.1 Å². The van der Waals surface area contributed by atoms with E-state index < -0.39 is 144 Å². The van der Waals surface area contributed by atoms with Gasteiger partial charge in [-0.3, -0.25) is 4.79 Å². The van der Waals surface area contributed by atoms with Gasteiger partial charge in [-0.05, 0) is 90.5 Å². The molecule has 3 aliphatic heterocycles. The maximum absolute atomic E-state index is 14.0. The van der Waals surface area contributed by atoms with Gasteiger partial charge in [-0.1, -0.05) is 86.9 Å². The van der Waals surface area contributed by atoms with Crippen LogP contribution in [-0.4, -0.2) is 153 Å². The predicted molar refractivity (Wildman–Crippen MR) is 265 cm³/mol. The Morgan fingerprint density at radius 2 is 1.57 bits per heavy atom. The van der Waals surface area contributed by atoms with Crippen LogP contribution in [0.1, 0.15) is 111 Å². The molecule has 4 rings (SSSR count). The fourth-order valence-electron chi connectivity index (χ4n) is 8.52. The van der Waals surface area contributed by atoms with Gasteiger partial charge in [0.15, 0.2) is 36.3 Å². The minimum Gasteiger partial charge on any atom is -0.505 e. The van der Waals surface area contributed by atoms with Gasteiger partial charge in [0.2, 0.25) is 0 Å². The van der Waals surface area contributed by atoms with Crippen molar-refractivity contribution in [3.8, 4) is 11.5 Å². The molecule has 7 N–H and O–H groups in total. The van der Waals surface area contributed by atoms with Crippen LogP contribution in [0.5, 0.6) is 11.5 Å². The highest BCUT2D eigenvalue weighted by molar-refractivity contribution is 6.39. The smallest absolute Gasteiger partial charge is 0.342 e. The van der Waals surface area contributed by atoms with Crippen molar-refractivity contribution in [2.75, 3.05) is 13.7 Å². The summed E-state index contributed by atoms with van der Waals surface area (Å²) in [6, 6.07) is 0. The second kappa shape index (κ2) is 26.5. The quantitative estimate of drug-likeness (QED) is 0.0655. The van der Waals surface area contributed by atoms with Crippen molar-refractivity contribution < 1.29 is 88.0 Å². The normalized spacial score (nSPS) is 34.8. The number of esters is 3. The number of rotatable bonds is 13. The molecule has 14 atom stereocenters. The van der Waals surface area contributed by atoms with Crippen LogP contribution in [0, 0.1) is 11.8 Å². The Morgan fingerprint density at radius 3 is 2.17 bits per heavy atom. The Balaban J connectivity index is 1.64. The van der Waals surface area contributed by atoms with E-state index in [1.54, 1.807) is 53.7 Å². The number of hydrogen-bond acceptors (Lipinski definition) is 18. The van der Waals surface area contributed by atoms with E-state index >= 15 is 0 Å². The van der Waals surface area contributed by atoms with E-state index in [4.69, 9.17) is 61.1 Å². The number of benzene rings is 1. The van der Waals surface area contributed by atoms with E-state index in [0.717, 1.165) is 0 Å². The van der Waals surface area contributed by atoms with Crippen molar-refractivity contribution in [2.24, 2.45) is 11.8 Å². The summed E-state index contributed by atoms with van der Waals surface area (Å²) in [4.78, 5) is 40.3. The van der Waals surface area contributed by atoms with Gasteiger partial charge in [0.25, 0.3) is 0 Å². The number of phenolic OH excluding ortho intramolecular Hbond substituents is 2. The molecule has 0 spiro atoms. The fourth-order valence-corrected chi connectivity index (χ4v) is 9.08. The van der Waals surface area contributed by atoms with Gasteiger partial charge in [-0.2, -0.15) is 0 Å². The number of halogens is 2. The summed E-state index contributed by atoms with van der Waals surface area (Å²) in [5, 5.41) is 76.1. The summed E-state index contributed by atoms with van der Waals surface area (Å²) in [6.45, 7) is 18.0. The zero-order valence-corrected chi connectivity index (χ0v) is 44.5. The maximum Gasteiger partial charge on any atom is 0.342 e. The van der Waals surface area contributed by atoms with Crippen LogP contribution in [0.25, 0.3) is 0 Å². The summed E-state index contributed by atoms with van der Waals surface area (Å²) in [7, 11) is 1.26. The largest absolute Gasteiger partial charge is 0.505 e. The lowest BCUT2D eigenvalue weighted by atomic mass is 9.88. The summed E-state index contributed by atoms with van der Waals surface area (Å²) < 4.78 is 47.8. The van der Waals surface area contributed by atoms with Crippen LogP contribution in [0.2, 0.25) is 10.0 Å². The highest BCUT2D eigenvalue weighted by Crippen LogP contribution is 2.45. The monoisotopic (exact) mass is 1060 g/mol. The molecule has 0 amide bonds. The number of cyclic esters (lactones) is 1. The van der Waals surface area contributed by atoms with Gasteiger partial charge in [0, 0.05) is 19.4 Å². The second-order valence-electron chi connectivity index (χ2n) is 19.4. The summed E-state index contributed by atoms with van der Waals surface area (Å²) in [5.41, 5.74) is 0.279. The number of hydrogen-bond donors (Lipinski definition) is 7. The molecule has 0 aliphatic carbocycles. The zero-order valence-electron chi connectivity index (χ0n) is 43.0. The number of ether oxygens (including phenoxy) is 8. The Hall–Kier alpha value is -3.89. The number of carbonyl (C=O) groups is 3. The summed E-state index contributed by atoms with van der Waals surface area (Å²) in [6.07, 6.45) is -5.45. The average Bonchev–Trinajstić information content (AvgIpc) is 3.32. The SMILES string of the molecule is CCc1c(Cl)c(O)c(Cl)c(O)c1C(=O)O[C@H]1[C@H](O)[C@H](OC)[C@H](OC/C2=C\C=C\C[C@H](O)/C(C)=C/[C@H](CC)[C@@H](O[C@@H]3OC(C)(C)[C@@H](O)[C@H](O)[C@@H]3OC(=O)C(C)C)/C(C)=C/C(C)=C/C[C@@H]([C@@H](C)O)OC2=O)O[C@@H]1C. The third kappa shape index (κ3) is 14.7. The molecule has 404 valence electrons. The number of aliphatic hydroxyl groups is 5. The van der Waals surface area contributed by atoms with Crippen molar-refractivity contribution >= 4 is 41.1 Å². The summed E-state index contributed by atoms with van der Waals surface area (Å²) in [5.74, 6) is -4.92. The van der Waals surface area contributed by atoms with E-state index in [1.807, 2.05) is 32.9 Å². The minimum atomic E-state index is -1.57. The van der Waals surface area contributed by atoms with Crippen LogP contribution in [-0.2, 0) is 53.9 Å². The third-order valence-corrected chi connectivity index (χ3v) is 13.8.